The summed E-state index contributed by atoms with van der Waals surface area (Å²) in [5.74, 6) is -0.372. The second-order valence-electron chi connectivity index (χ2n) is 7.41. The highest BCUT2D eigenvalue weighted by molar-refractivity contribution is 7.89. The summed E-state index contributed by atoms with van der Waals surface area (Å²) in [6.07, 6.45) is 1.68. The Morgan fingerprint density at radius 1 is 0.935 bits per heavy atom. The van der Waals surface area contributed by atoms with Crippen molar-refractivity contribution in [3.05, 3.63) is 84.4 Å². The number of amides is 1. The summed E-state index contributed by atoms with van der Waals surface area (Å²) in [7, 11) is -3.72. The van der Waals surface area contributed by atoms with Crippen LogP contribution in [-0.2, 0) is 14.8 Å². The molecule has 1 atom stereocenters. The van der Waals surface area contributed by atoms with E-state index >= 15 is 0 Å². The van der Waals surface area contributed by atoms with E-state index in [9.17, 15) is 13.2 Å². The number of anilines is 1. The Labute approximate surface area is 182 Å². The fourth-order valence-electron chi connectivity index (χ4n) is 3.48. The van der Waals surface area contributed by atoms with Gasteiger partial charge < -0.3 is 10.1 Å². The summed E-state index contributed by atoms with van der Waals surface area (Å²) >= 11 is 0. The average molecular weight is 437 g/mol. The lowest BCUT2D eigenvalue weighted by atomic mass is 10.1. The van der Waals surface area contributed by atoms with Crippen molar-refractivity contribution in [2.45, 2.75) is 23.8 Å². The highest BCUT2D eigenvalue weighted by atomic mass is 32.2. The number of carbonyl (C=O) groups is 1. The third kappa shape index (κ3) is 5.38. The summed E-state index contributed by atoms with van der Waals surface area (Å²) in [6.45, 7) is 0.890. The van der Waals surface area contributed by atoms with Crippen LogP contribution in [0.25, 0.3) is 11.1 Å². The Bertz CT molecular complexity index is 1140. The first-order valence-corrected chi connectivity index (χ1v) is 11.7. The first-order valence-electron chi connectivity index (χ1n) is 10.2. The van der Waals surface area contributed by atoms with Crippen LogP contribution in [0.5, 0.6) is 0 Å². The SMILES string of the molecule is O=C(Nc1ccc(-c2ccccc2)cc1)c1cccc(S(=O)(=O)NCC2CCCO2)c1. The van der Waals surface area contributed by atoms with Gasteiger partial charge in [0.2, 0.25) is 10.0 Å². The Morgan fingerprint density at radius 2 is 1.68 bits per heavy atom. The molecule has 0 radical (unpaired) electrons. The molecule has 6 nitrogen and oxygen atoms in total. The van der Waals surface area contributed by atoms with E-state index in [1.165, 1.54) is 12.1 Å². The lowest BCUT2D eigenvalue weighted by Gasteiger charge is -2.12. The van der Waals surface area contributed by atoms with E-state index in [1.807, 2.05) is 54.6 Å². The van der Waals surface area contributed by atoms with E-state index < -0.39 is 10.0 Å². The van der Waals surface area contributed by atoms with Crippen molar-refractivity contribution in [2.24, 2.45) is 0 Å². The summed E-state index contributed by atoms with van der Waals surface area (Å²) in [5, 5.41) is 2.82. The molecule has 0 bridgehead atoms. The predicted molar refractivity (Wildman–Crippen MR) is 120 cm³/mol. The minimum Gasteiger partial charge on any atom is -0.377 e. The van der Waals surface area contributed by atoms with Gasteiger partial charge in [-0.05, 0) is 54.3 Å². The van der Waals surface area contributed by atoms with Gasteiger partial charge in [0.05, 0.1) is 11.0 Å². The first kappa shape index (κ1) is 21.2. The quantitative estimate of drug-likeness (QED) is 0.585. The monoisotopic (exact) mass is 436 g/mol. The Hall–Kier alpha value is -3.00. The van der Waals surface area contributed by atoms with Crippen molar-refractivity contribution in [1.82, 2.24) is 4.72 Å². The second-order valence-corrected chi connectivity index (χ2v) is 9.18. The van der Waals surface area contributed by atoms with Crippen LogP contribution < -0.4 is 10.0 Å². The van der Waals surface area contributed by atoms with Crippen molar-refractivity contribution in [3.8, 4) is 11.1 Å². The minimum absolute atomic E-state index is 0.0533. The molecule has 31 heavy (non-hydrogen) atoms. The van der Waals surface area contributed by atoms with E-state index in [1.54, 1.807) is 12.1 Å². The van der Waals surface area contributed by atoms with Crippen molar-refractivity contribution >= 4 is 21.6 Å². The maximum Gasteiger partial charge on any atom is 0.255 e. The zero-order valence-electron chi connectivity index (χ0n) is 17.0. The summed E-state index contributed by atoms with van der Waals surface area (Å²) < 4.78 is 33.2. The highest BCUT2D eigenvalue weighted by Crippen LogP contribution is 2.22. The lowest BCUT2D eigenvalue weighted by molar-refractivity contribution is 0.102. The lowest BCUT2D eigenvalue weighted by Crippen LogP contribution is -2.32. The molecule has 1 unspecified atom stereocenters. The summed E-state index contributed by atoms with van der Waals surface area (Å²) in [4.78, 5) is 12.7. The van der Waals surface area contributed by atoms with Gasteiger partial charge in [-0.3, -0.25) is 4.79 Å². The zero-order chi connectivity index (χ0) is 21.7. The molecule has 7 heteroatoms. The Morgan fingerprint density at radius 3 is 2.39 bits per heavy atom. The third-order valence-corrected chi connectivity index (χ3v) is 6.60. The number of hydrogen-bond acceptors (Lipinski definition) is 4. The number of carbonyl (C=O) groups excluding carboxylic acids is 1. The molecule has 2 N–H and O–H groups in total. The molecule has 3 aromatic carbocycles. The van der Waals surface area contributed by atoms with Crippen LogP contribution in [0.3, 0.4) is 0 Å². The number of nitrogens with one attached hydrogen (secondary N) is 2. The third-order valence-electron chi connectivity index (χ3n) is 5.18. The fraction of sp³-hybridized carbons (Fsp3) is 0.208. The zero-order valence-corrected chi connectivity index (χ0v) is 17.8. The molecule has 4 rings (SSSR count). The molecule has 0 aliphatic carbocycles. The van der Waals surface area contributed by atoms with Gasteiger partial charge in [0.15, 0.2) is 0 Å². The van der Waals surface area contributed by atoms with Gasteiger partial charge in [-0.1, -0.05) is 48.5 Å². The largest absolute Gasteiger partial charge is 0.377 e. The van der Waals surface area contributed by atoms with Crippen molar-refractivity contribution in [2.75, 3.05) is 18.5 Å². The Kier molecular flexibility index (Phi) is 6.46. The molecule has 1 amide bonds. The molecular formula is C24H24N2O4S. The summed E-state index contributed by atoms with van der Waals surface area (Å²) in [6, 6.07) is 23.5. The average Bonchev–Trinajstić information content (AvgIpc) is 3.33. The Balaban J connectivity index is 1.43. The molecule has 160 valence electrons. The van der Waals surface area contributed by atoms with E-state index in [0.717, 1.165) is 24.0 Å². The molecule has 1 aliphatic heterocycles. The predicted octanol–water partition coefficient (Wildman–Crippen LogP) is 4.06. The number of rotatable bonds is 7. The molecule has 0 aromatic heterocycles. The van der Waals surface area contributed by atoms with Crippen LogP contribution in [0.2, 0.25) is 0 Å². The van der Waals surface area contributed by atoms with E-state index in [2.05, 4.69) is 10.0 Å². The van der Waals surface area contributed by atoms with Crippen LogP contribution in [0.4, 0.5) is 5.69 Å². The van der Waals surface area contributed by atoms with Crippen LogP contribution in [0.15, 0.2) is 83.8 Å². The van der Waals surface area contributed by atoms with E-state index in [0.29, 0.717) is 12.3 Å². The molecule has 1 saturated heterocycles. The van der Waals surface area contributed by atoms with Gasteiger partial charge in [-0.25, -0.2) is 13.1 Å². The minimum atomic E-state index is -3.72. The van der Waals surface area contributed by atoms with E-state index in [-0.39, 0.29) is 29.0 Å². The van der Waals surface area contributed by atoms with Gasteiger partial charge >= 0.3 is 0 Å². The van der Waals surface area contributed by atoms with Gasteiger partial charge in [-0.15, -0.1) is 0 Å². The topological polar surface area (TPSA) is 84.5 Å². The van der Waals surface area contributed by atoms with E-state index in [4.69, 9.17) is 4.74 Å². The van der Waals surface area contributed by atoms with Crippen LogP contribution in [0.1, 0.15) is 23.2 Å². The van der Waals surface area contributed by atoms with Gasteiger partial charge in [0.1, 0.15) is 0 Å². The van der Waals surface area contributed by atoms with Gasteiger partial charge in [-0.2, -0.15) is 0 Å². The molecule has 0 spiro atoms. The number of sulfonamides is 1. The van der Waals surface area contributed by atoms with Crippen molar-refractivity contribution < 1.29 is 17.9 Å². The second kappa shape index (κ2) is 9.43. The first-order chi connectivity index (χ1) is 15.0. The molecule has 1 aliphatic rings. The van der Waals surface area contributed by atoms with Gasteiger partial charge in [0, 0.05) is 24.4 Å². The molecule has 1 heterocycles. The highest BCUT2D eigenvalue weighted by Gasteiger charge is 2.21. The smallest absolute Gasteiger partial charge is 0.255 e. The molecule has 0 saturated carbocycles. The van der Waals surface area contributed by atoms with Gasteiger partial charge in [0.25, 0.3) is 5.91 Å². The molecular weight excluding hydrogens is 412 g/mol. The fourth-order valence-corrected chi connectivity index (χ4v) is 4.59. The number of hydrogen-bond donors (Lipinski definition) is 2. The van der Waals surface area contributed by atoms with Crippen LogP contribution in [0, 0.1) is 0 Å². The van der Waals surface area contributed by atoms with Crippen LogP contribution in [-0.4, -0.2) is 33.6 Å². The maximum absolute atomic E-state index is 12.7. The van der Waals surface area contributed by atoms with Crippen LogP contribution >= 0.6 is 0 Å². The molecule has 3 aromatic rings. The number of ether oxygens (including phenoxy) is 1. The van der Waals surface area contributed by atoms with Crippen molar-refractivity contribution in [3.63, 3.8) is 0 Å². The van der Waals surface area contributed by atoms with Crippen molar-refractivity contribution in [1.29, 1.82) is 0 Å². The number of benzene rings is 3. The molecule has 1 fully saturated rings. The standard InChI is InChI=1S/C24H24N2O4S/c27-24(26-21-13-11-19(12-14-21)18-6-2-1-3-7-18)20-8-4-10-23(16-20)31(28,29)25-17-22-9-5-15-30-22/h1-4,6-8,10-14,16,22,25H,5,9,15,17H2,(H,26,27). The maximum atomic E-state index is 12.7. The summed E-state index contributed by atoms with van der Waals surface area (Å²) in [5.41, 5.74) is 3.04. The normalized spacial score (nSPS) is 16.2.